The third-order valence-electron chi connectivity index (χ3n) is 4.80. The molecule has 0 unspecified atom stereocenters. The molecule has 2 aromatic rings. The van der Waals surface area contributed by atoms with E-state index in [2.05, 4.69) is 5.32 Å². The molecule has 1 atom stereocenters. The highest BCUT2D eigenvalue weighted by atomic mass is 32.2. The van der Waals surface area contributed by atoms with Gasteiger partial charge in [-0.1, -0.05) is 18.2 Å². The van der Waals surface area contributed by atoms with Crippen LogP contribution in [0.1, 0.15) is 25.3 Å². The molecule has 9 heteroatoms. The first-order valence-electron chi connectivity index (χ1n) is 10.1. The van der Waals surface area contributed by atoms with E-state index in [1.54, 1.807) is 18.2 Å². The molecular weight excluding hydrogens is 420 g/mol. The number of fused-ring (bicyclic) bond motifs is 1. The van der Waals surface area contributed by atoms with Gasteiger partial charge in [-0.2, -0.15) is 0 Å². The topological polar surface area (TPSA) is 94.2 Å². The molecule has 0 saturated heterocycles. The van der Waals surface area contributed by atoms with Crippen molar-refractivity contribution < 1.29 is 27.4 Å². The molecule has 0 fully saturated rings. The van der Waals surface area contributed by atoms with Gasteiger partial charge in [0.05, 0.1) is 18.0 Å². The third-order valence-corrected chi connectivity index (χ3v) is 5.99. The van der Waals surface area contributed by atoms with Crippen molar-refractivity contribution in [3.8, 4) is 17.2 Å². The van der Waals surface area contributed by atoms with Gasteiger partial charge >= 0.3 is 0 Å². The molecule has 8 nitrogen and oxygen atoms in total. The van der Waals surface area contributed by atoms with Crippen molar-refractivity contribution >= 4 is 21.6 Å². The number of hydrogen-bond donors (Lipinski definition) is 1. The molecular formula is C22H28N2O6S. The van der Waals surface area contributed by atoms with Gasteiger partial charge in [0.15, 0.2) is 11.5 Å². The van der Waals surface area contributed by atoms with E-state index in [9.17, 15) is 13.2 Å². The molecule has 0 spiro atoms. The second kappa shape index (κ2) is 9.91. The fourth-order valence-electron chi connectivity index (χ4n) is 3.23. The van der Waals surface area contributed by atoms with Gasteiger partial charge in [-0.25, -0.2) is 8.42 Å². The summed E-state index contributed by atoms with van der Waals surface area (Å²) in [6.07, 6.45) is 1.71. The zero-order chi connectivity index (χ0) is 22.4. The van der Waals surface area contributed by atoms with Crippen molar-refractivity contribution in [1.82, 2.24) is 5.32 Å². The Hall–Kier alpha value is -2.94. The number of amides is 1. The molecule has 1 aliphatic heterocycles. The van der Waals surface area contributed by atoms with Crippen LogP contribution in [-0.4, -0.2) is 46.6 Å². The molecule has 0 bridgehead atoms. The van der Waals surface area contributed by atoms with Crippen LogP contribution in [0.2, 0.25) is 0 Å². The van der Waals surface area contributed by atoms with Crippen LogP contribution < -0.4 is 23.8 Å². The van der Waals surface area contributed by atoms with E-state index >= 15 is 0 Å². The summed E-state index contributed by atoms with van der Waals surface area (Å²) in [4.78, 5) is 12.3. The standard InChI is InChI=1S/C22H28N2O6S/c1-16-7-4-5-8-19(16)28-14-17(2)23-22(25)9-6-12-24(31(3,26)27)18-10-11-20-21(13-18)30-15-29-20/h4-5,7-8,10-11,13,17H,6,9,12,14-15H2,1-3H3,(H,23,25)/t17-/m0/s1. The smallest absolute Gasteiger partial charge is 0.232 e. The number of nitrogens with zero attached hydrogens (tertiary/aromatic N) is 1. The van der Waals surface area contributed by atoms with Crippen molar-refractivity contribution in [1.29, 1.82) is 0 Å². The Morgan fingerprint density at radius 3 is 2.68 bits per heavy atom. The van der Waals surface area contributed by atoms with E-state index in [0.717, 1.165) is 17.6 Å². The molecule has 0 saturated carbocycles. The van der Waals surface area contributed by atoms with E-state index in [1.165, 1.54) is 4.31 Å². The van der Waals surface area contributed by atoms with Crippen LogP contribution in [0.5, 0.6) is 17.2 Å². The highest BCUT2D eigenvalue weighted by molar-refractivity contribution is 7.92. The number of carbonyl (C=O) groups excluding carboxylic acids is 1. The van der Waals surface area contributed by atoms with Crippen LogP contribution in [0.3, 0.4) is 0 Å². The molecule has 3 rings (SSSR count). The maximum absolute atomic E-state index is 12.3. The van der Waals surface area contributed by atoms with Crippen molar-refractivity contribution in [3.05, 3.63) is 48.0 Å². The molecule has 31 heavy (non-hydrogen) atoms. The van der Waals surface area contributed by atoms with Gasteiger partial charge in [-0.05, 0) is 44.0 Å². The van der Waals surface area contributed by atoms with Crippen LogP contribution in [0.25, 0.3) is 0 Å². The number of sulfonamides is 1. The Labute approximate surface area is 183 Å². The molecule has 1 aliphatic rings. The zero-order valence-electron chi connectivity index (χ0n) is 18.0. The first-order chi connectivity index (χ1) is 14.7. The van der Waals surface area contributed by atoms with Crippen molar-refractivity contribution in [2.75, 3.05) is 30.5 Å². The number of benzene rings is 2. The first-order valence-corrected chi connectivity index (χ1v) is 11.9. The molecule has 1 heterocycles. The minimum absolute atomic E-state index is 0.115. The lowest BCUT2D eigenvalue weighted by Crippen LogP contribution is -2.37. The average Bonchev–Trinajstić information content (AvgIpc) is 3.17. The quantitative estimate of drug-likeness (QED) is 0.601. The Morgan fingerprint density at radius 2 is 1.94 bits per heavy atom. The molecule has 2 aromatic carbocycles. The van der Waals surface area contributed by atoms with Gasteiger partial charge in [0.1, 0.15) is 12.4 Å². The summed E-state index contributed by atoms with van der Waals surface area (Å²) in [6.45, 7) is 4.48. The van der Waals surface area contributed by atoms with Crippen LogP contribution >= 0.6 is 0 Å². The van der Waals surface area contributed by atoms with Gasteiger partial charge in [-0.3, -0.25) is 9.10 Å². The van der Waals surface area contributed by atoms with E-state index in [0.29, 0.717) is 30.2 Å². The Bertz CT molecular complexity index is 1020. The third kappa shape index (κ3) is 6.27. The minimum atomic E-state index is -3.51. The summed E-state index contributed by atoms with van der Waals surface area (Å²) in [5, 5.41) is 2.89. The van der Waals surface area contributed by atoms with E-state index in [1.807, 2.05) is 38.1 Å². The fourth-order valence-corrected chi connectivity index (χ4v) is 4.19. The monoisotopic (exact) mass is 448 g/mol. The zero-order valence-corrected chi connectivity index (χ0v) is 18.8. The Kier molecular flexibility index (Phi) is 7.27. The van der Waals surface area contributed by atoms with Gasteiger partial charge in [0.2, 0.25) is 22.7 Å². The minimum Gasteiger partial charge on any atom is -0.491 e. The summed E-state index contributed by atoms with van der Waals surface area (Å²) in [5.41, 5.74) is 1.51. The molecule has 0 aliphatic carbocycles. The first kappa shape index (κ1) is 22.7. The Balaban J connectivity index is 1.49. The molecule has 1 amide bonds. The van der Waals surface area contributed by atoms with Gasteiger partial charge in [0.25, 0.3) is 0 Å². The number of carbonyl (C=O) groups is 1. The van der Waals surface area contributed by atoms with Crippen molar-refractivity contribution in [2.45, 2.75) is 32.7 Å². The summed E-state index contributed by atoms with van der Waals surface area (Å²) in [6, 6.07) is 12.5. The summed E-state index contributed by atoms with van der Waals surface area (Å²) >= 11 is 0. The summed E-state index contributed by atoms with van der Waals surface area (Å²) < 4.78 is 42.2. The summed E-state index contributed by atoms with van der Waals surface area (Å²) in [7, 11) is -3.51. The predicted octanol–water partition coefficient (Wildman–Crippen LogP) is 2.85. The highest BCUT2D eigenvalue weighted by Gasteiger charge is 2.21. The predicted molar refractivity (Wildman–Crippen MR) is 118 cm³/mol. The molecule has 0 radical (unpaired) electrons. The average molecular weight is 449 g/mol. The van der Waals surface area contributed by atoms with Gasteiger partial charge < -0.3 is 19.5 Å². The number of nitrogens with one attached hydrogen (secondary N) is 1. The normalized spacial score (nSPS) is 13.5. The number of ether oxygens (including phenoxy) is 3. The number of para-hydroxylation sites is 1. The van der Waals surface area contributed by atoms with Crippen LogP contribution in [0.4, 0.5) is 5.69 Å². The van der Waals surface area contributed by atoms with Crippen molar-refractivity contribution in [3.63, 3.8) is 0 Å². The molecule has 0 aromatic heterocycles. The molecule has 1 N–H and O–H groups in total. The number of hydrogen-bond acceptors (Lipinski definition) is 6. The van der Waals surface area contributed by atoms with E-state index in [4.69, 9.17) is 14.2 Å². The van der Waals surface area contributed by atoms with Crippen LogP contribution in [0.15, 0.2) is 42.5 Å². The highest BCUT2D eigenvalue weighted by Crippen LogP contribution is 2.36. The second-order valence-electron chi connectivity index (χ2n) is 7.52. The fraction of sp³-hybridized carbons (Fsp3) is 0.409. The van der Waals surface area contributed by atoms with Gasteiger partial charge in [0, 0.05) is 19.0 Å². The lowest BCUT2D eigenvalue weighted by Gasteiger charge is -2.23. The van der Waals surface area contributed by atoms with E-state index < -0.39 is 10.0 Å². The van der Waals surface area contributed by atoms with Gasteiger partial charge in [-0.15, -0.1) is 0 Å². The lowest BCUT2D eigenvalue weighted by molar-refractivity contribution is -0.121. The number of anilines is 1. The Morgan fingerprint density at radius 1 is 1.19 bits per heavy atom. The second-order valence-corrected chi connectivity index (χ2v) is 9.43. The number of aryl methyl sites for hydroxylation is 1. The van der Waals surface area contributed by atoms with E-state index in [-0.39, 0.29) is 31.7 Å². The SMILES string of the molecule is Cc1ccccc1OC[C@H](C)NC(=O)CCCN(c1ccc2c(c1)OCO2)S(C)(=O)=O. The lowest BCUT2D eigenvalue weighted by atomic mass is 10.2. The van der Waals surface area contributed by atoms with Crippen molar-refractivity contribution in [2.24, 2.45) is 0 Å². The maximum atomic E-state index is 12.3. The van der Waals surface area contributed by atoms with Crippen LogP contribution in [-0.2, 0) is 14.8 Å². The molecule has 168 valence electrons. The summed E-state index contributed by atoms with van der Waals surface area (Å²) in [5.74, 6) is 1.72. The van der Waals surface area contributed by atoms with Crippen LogP contribution in [0, 0.1) is 6.92 Å². The largest absolute Gasteiger partial charge is 0.491 e. The number of rotatable bonds is 10. The maximum Gasteiger partial charge on any atom is 0.232 e.